The summed E-state index contributed by atoms with van der Waals surface area (Å²) < 4.78 is 35.1. The zero-order chi connectivity index (χ0) is 17.1. The number of fused-ring (bicyclic) bond motifs is 2. The molecule has 2 amide bonds. The minimum atomic E-state index is -4.73. The van der Waals surface area contributed by atoms with Gasteiger partial charge in [-0.25, -0.2) is 4.79 Å². The summed E-state index contributed by atoms with van der Waals surface area (Å²) in [7, 11) is -4.73. The number of amides is 2. The number of rotatable bonds is 4. The first-order chi connectivity index (χ1) is 11.3. The van der Waals surface area contributed by atoms with Crippen LogP contribution in [0.4, 0.5) is 4.79 Å². The molecule has 1 saturated carbocycles. The second kappa shape index (κ2) is 5.59. The van der Waals surface area contributed by atoms with Crippen molar-refractivity contribution >= 4 is 27.8 Å². The van der Waals surface area contributed by atoms with Crippen LogP contribution in [0, 0.1) is 0 Å². The molecule has 0 aromatic carbocycles. The van der Waals surface area contributed by atoms with Crippen LogP contribution in [-0.4, -0.2) is 57.8 Å². The molecule has 3 fully saturated rings. The number of hydrogen-bond donors (Lipinski definition) is 2. The first-order valence-corrected chi connectivity index (χ1v) is 9.85. The van der Waals surface area contributed by atoms with Crippen molar-refractivity contribution in [3.05, 3.63) is 10.0 Å². The van der Waals surface area contributed by atoms with Crippen LogP contribution >= 0.6 is 11.3 Å². The van der Waals surface area contributed by atoms with Gasteiger partial charge in [-0.05, 0) is 25.7 Å². The second-order valence-corrected chi connectivity index (χ2v) is 8.46. The Bertz CT molecular complexity index is 762. The fourth-order valence-corrected chi connectivity index (χ4v) is 5.00. The van der Waals surface area contributed by atoms with E-state index in [1.807, 2.05) is 0 Å². The topological polar surface area (TPSA) is 139 Å². The SMILES string of the molecule is N[C@H]1C[C@H](c2nnc([C@@H]3CC[C@H]4CN3C(=O)N4OS(=O)(=O)O)s2)C1. The molecule has 4 rings (SSSR count). The number of aromatic nitrogens is 2. The van der Waals surface area contributed by atoms with Gasteiger partial charge in [0.2, 0.25) is 0 Å². The Labute approximate surface area is 142 Å². The zero-order valence-corrected chi connectivity index (χ0v) is 14.2. The molecule has 2 saturated heterocycles. The van der Waals surface area contributed by atoms with Crippen molar-refractivity contribution in [3.63, 3.8) is 0 Å². The standard InChI is InChI=1S/C12H17N5O5S2/c13-7-3-6(4-7)10-14-15-11(23-10)9-2-1-8-5-16(9)12(18)17(8)22-24(19,20)21/h6-9H,1-5,13H2,(H,19,20,21)/t6-,7-,8-,9-/m0/s1. The quantitative estimate of drug-likeness (QED) is 0.722. The smallest absolute Gasteiger partial charge is 0.328 e. The van der Waals surface area contributed by atoms with Crippen LogP contribution < -0.4 is 5.73 Å². The predicted octanol–water partition coefficient (Wildman–Crippen LogP) is 0.418. The molecular weight excluding hydrogens is 358 g/mol. The summed E-state index contributed by atoms with van der Waals surface area (Å²) >= 11 is 1.48. The number of carbonyl (C=O) groups is 1. The van der Waals surface area contributed by atoms with Gasteiger partial charge in [-0.3, -0.25) is 4.55 Å². The van der Waals surface area contributed by atoms with Gasteiger partial charge in [0.05, 0.1) is 12.1 Å². The van der Waals surface area contributed by atoms with Crippen LogP contribution in [0.25, 0.3) is 0 Å². The maximum absolute atomic E-state index is 12.4. The number of carbonyl (C=O) groups excluding carboxylic acids is 1. The van der Waals surface area contributed by atoms with Gasteiger partial charge in [-0.1, -0.05) is 11.3 Å². The minimum Gasteiger partial charge on any atom is -0.328 e. The highest BCUT2D eigenvalue weighted by molar-refractivity contribution is 7.80. The van der Waals surface area contributed by atoms with E-state index in [0.717, 1.165) is 27.9 Å². The van der Waals surface area contributed by atoms with Crippen LogP contribution in [-0.2, 0) is 14.7 Å². The molecule has 0 radical (unpaired) electrons. The van der Waals surface area contributed by atoms with E-state index in [9.17, 15) is 13.2 Å². The average molecular weight is 375 g/mol. The van der Waals surface area contributed by atoms with Crippen molar-refractivity contribution < 1.29 is 22.0 Å². The molecular formula is C12H17N5O5S2. The summed E-state index contributed by atoms with van der Waals surface area (Å²) in [4.78, 5) is 13.9. The zero-order valence-electron chi connectivity index (χ0n) is 12.6. The van der Waals surface area contributed by atoms with Crippen molar-refractivity contribution in [1.29, 1.82) is 0 Å². The van der Waals surface area contributed by atoms with Crippen LogP contribution in [0.1, 0.15) is 47.7 Å². The van der Waals surface area contributed by atoms with Gasteiger partial charge >= 0.3 is 16.4 Å². The number of piperidine rings is 1. The van der Waals surface area contributed by atoms with E-state index in [0.29, 0.717) is 25.3 Å². The molecule has 24 heavy (non-hydrogen) atoms. The fourth-order valence-electron chi connectivity index (χ4n) is 3.50. The van der Waals surface area contributed by atoms with Gasteiger partial charge in [0.15, 0.2) is 0 Å². The lowest BCUT2D eigenvalue weighted by molar-refractivity contribution is -0.0317. The summed E-state index contributed by atoms with van der Waals surface area (Å²) in [5.41, 5.74) is 5.80. The van der Waals surface area contributed by atoms with Gasteiger partial charge in [-0.15, -0.1) is 14.5 Å². The Kier molecular flexibility index (Phi) is 3.76. The minimum absolute atomic E-state index is 0.226. The first kappa shape index (κ1) is 16.1. The van der Waals surface area contributed by atoms with Gasteiger partial charge in [0.25, 0.3) is 0 Å². The second-order valence-electron chi connectivity index (χ2n) is 6.42. The number of urea groups is 1. The molecule has 3 heterocycles. The maximum atomic E-state index is 12.4. The van der Waals surface area contributed by atoms with E-state index in [4.69, 9.17) is 10.3 Å². The molecule has 2 atom stereocenters. The lowest BCUT2D eigenvalue weighted by atomic mass is 9.81. The molecule has 2 aliphatic heterocycles. The third-order valence-corrected chi connectivity index (χ3v) is 6.30. The molecule has 10 nitrogen and oxygen atoms in total. The van der Waals surface area contributed by atoms with Crippen LogP contribution in [0.3, 0.4) is 0 Å². The number of hydrogen-bond acceptors (Lipinski definition) is 8. The van der Waals surface area contributed by atoms with E-state index in [1.165, 1.54) is 16.2 Å². The van der Waals surface area contributed by atoms with Gasteiger partial charge < -0.3 is 10.6 Å². The Morgan fingerprint density at radius 1 is 1.25 bits per heavy atom. The van der Waals surface area contributed by atoms with Gasteiger partial charge in [0.1, 0.15) is 10.0 Å². The highest BCUT2D eigenvalue weighted by atomic mass is 32.3. The van der Waals surface area contributed by atoms with Crippen LogP contribution in [0.5, 0.6) is 0 Å². The number of nitrogens with two attached hydrogens (primary N) is 1. The molecule has 1 aromatic rings. The molecule has 1 aliphatic carbocycles. The van der Waals surface area contributed by atoms with Crippen molar-refractivity contribution in [2.45, 2.75) is 49.7 Å². The van der Waals surface area contributed by atoms with Crippen LogP contribution in [0.2, 0.25) is 0 Å². The van der Waals surface area contributed by atoms with Gasteiger partial charge in [-0.2, -0.15) is 13.5 Å². The van der Waals surface area contributed by atoms with Gasteiger partial charge in [0, 0.05) is 18.5 Å². The predicted molar refractivity (Wildman–Crippen MR) is 82.2 cm³/mol. The largest absolute Gasteiger partial charge is 0.418 e. The molecule has 0 spiro atoms. The van der Waals surface area contributed by atoms with E-state index in [-0.39, 0.29) is 12.1 Å². The summed E-state index contributed by atoms with van der Waals surface area (Å²) in [5.74, 6) is 0.344. The Balaban J connectivity index is 1.51. The lowest BCUT2D eigenvalue weighted by Gasteiger charge is -2.30. The Morgan fingerprint density at radius 2 is 1.96 bits per heavy atom. The summed E-state index contributed by atoms with van der Waals surface area (Å²) in [5, 5.41) is 10.9. The molecule has 1 aromatic heterocycles. The normalized spacial score (nSPS) is 33.0. The molecule has 3 N–H and O–H groups in total. The highest BCUT2D eigenvalue weighted by Crippen LogP contribution is 2.42. The number of nitrogens with zero attached hydrogens (tertiary/aromatic N) is 4. The third kappa shape index (κ3) is 2.77. The summed E-state index contributed by atoms with van der Waals surface area (Å²) in [6, 6.07) is -0.997. The van der Waals surface area contributed by atoms with E-state index in [2.05, 4.69) is 14.5 Å². The monoisotopic (exact) mass is 375 g/mol. The lowest BCUT2D eigenvalue weighted by Crippen LogP contribution is -2.35. The van der Waals surface area contributed by atoms with Crippen molar-refractivity contribution in [1.82, 2.24) is 20.2 Å². The molecule has 3 aliphatic rings. The van der Waals surface area contributed by atoms with E-state index < -0.39 is 22.5 Å². The first-order valence-electron chi connectivity index (χ1n) is 7.67. The Morgan fingerprint density at radius 3 is 2.62 bits per heavy atom. The van der Waals surface area contributed by atoms with Crippen LogP contribution in [0.15, 0.2) is 0 Å². The average Bonchev–Trinajstić information content (AvgIpc) is 3.04. The fraction of sp³-hybridized carbons (Fsp3) is 0.750. The Hall–Kier alpha value is -1.34. The maximum Gasteiger partial charge on any atom is 0.418 e. The van der Waals surface area contributed by atoms with E-state index in [1.54, 1.807) is 0 Å². The van der Waals surface area contributed by atoms with Crippen molar-refractivity contribution in [2.24, 2.45) is 5.73 Å². The molecule has 12 heteroatoms. The number of hydroxylamine groups is 2. The summed E-state index contributed by atoms with van der Waals surface area (Å²) in [6.07, 6.45) is 3.01. The third-order valence-electron chi connectivity index (χ3n) is 4.76. The highest BCUT2D eigenvalue weighted by Gasteiger charge is 2.48. The van der Waals surface area contributed by atoms with E-state index >= 15 is 0 Å². The van der Waals surface area contributed by atoms with Crippen molar-refractivity contribution in [3.8, 4) is 0 Å². The molecule has 2 bridgehead atoms. The molecule has 132 valence electrons. The molecule has 0 unspecified atom stereocenters. The van der Waals surface area contributed by atoms with Crippen molar-refractivity contribution in [2.75, 3.05) is 6.54 Å². The summed E-state index contributed by atoms with van der Waals surface area (Å²) in [6.45, 7) is 0.336.